The number of piperazine rings is 1. The number of anilines is 2. The first-order valence-corrected chi connectivity index (χ1v) is 11.0. The second-order valence-corrected chi connectivity index (χ2v) is 9.39. The fourth-order valence-corrected chi connectivity index (χ4v) is 5.21. The summed E-state index contributed by atoms with van der Waals surface area (Å²) in [5, 5.41) is 0.617. The first-order chi connectivity index (χ1) is 15.2. The Kier molecular flexibility index (Phi) is 4.78. The van der Waals surface area contributed by atoms with Crippen molar-refractivity contribution in [3.63, 3.8) is 0 Å². The third-order valence-electron chi connectivity index (χ3n) is 6.62. The quantitative estimate of drug-likeness (QED) is 0.506. The zero-order valence-electron chi connectivity index (χ0n) is 18.3. The predicted molar refractivity (Wildman–Crippen MR) is 120 cm³/mol. The normalized spacial score (nSPS) is 23.2. The lowest BCUT2D eigenvalue weighted by molar-refractivity contribution is -0.253. The van der Waals surface area contributed by atoms with Crippen LogP contribution in [0.15, 0.2) is 42.5 Å². The number of carbonyl (C=O) groups is 2. The monoisotopic (exact) mass is 456 g/mol. The van der Waals surface area contributed by atoms with E-state index in [1.165, 1.54) is 0 Å². The molecule has 1 spiro atoms. The summed E-state index contributed by atoms with van der Waals surface area (Å²) in [6, 6.07) is 12.9. The van der Waals surface area contributed by atoms with Gasteiger partial charge in [0.15, 0.2) is 5.41 Å². The zero-order chi connectivity index (χ0) is 22.7. The molecule has 32 heavy (non-hydrogen) atoms. The van der Waals surface area contributed by atoms with Crippen molar-refractivity contribution in [2.24, 2.45) is 5.41 Å². The van der Waals surface area contributed by atoms with E-state index in [0.29, 0.717) is 18.1 Å². The summed E-state index contributed by atoms with van der Waals surface area (Å²) in [5.74, 6) is -1.59. The summed E-state index contributed by atoms with van der Waals surface area (Å²) in [4.78, 5) is 31.2. The number of nitrogens with zero attached hydrogens (tertiary/aromatic N) is 2. The highest BCUT2D eigenvalue weighted by Gasteiger charge is 2.64. The summed E-state index contributed by atoms with van der Waals surface area (Å²) in [6.07, 6.45) is 0.213. The number of methoxy groups -OCH3 is 1. The molecule has 3 aliphatic heterocycles. The molecule has 0 aromatic heterocycles. The third-order valence-corrected chi connectivity index (χ3v) is 6.85. The summed E-state index contributed by atoms with van der Waals surface area (Å²) in [7, 11) is 1.63. The van der Waals surface area contributed by atoms with E-state index in [4.69, 9.17) is 25.8 Å². The highest BCUT2D eigenvalue weighted by atomic mass is 35.5. The Bertz CT molecular complexity index is 1060. The van der Waals surface area contributed by atoms with Crippen molar-refractivity contribution in [3.8, 4) is 5.75 Å². The van der Waals surface area contributed by atoms with Gasteiger partial charge in [-0.25, -0.2) is 0 Å². The molecule has 0 radical (unpaired) electrons. The number of halogens is 1. The Balaban J connectivity index is 1.58. The van der Waals surface area contributed by atoms with Crippen molar-refractivity contribution in [2.75, 3.05) is 36.5 Å². The van der Waals surface area contributed by atoms with E-state index in [-0.39, 0.29) is 6.42 Å². The average molecular weight is 457 g/mol. The van der Waals surface area contributed by atoms with Gasteiger partial charge in [0.25, 0.3) is 5.79 Å². The zero-order valence-corrected chi connectivity index (χ0v) is 19.0. The Morgan fingerprint density at radius 1 is 1.03 bits per heavy atom. The van der Waals surface area contributed by atoms with Gasteiger partial charge in [-0.3, -0.25) is 9.59 Å². The Labute approximate surface area is 191 Å². The van der Waals surface area contributed by atoms with Crippen molar-refractivity contribution >= 4 is 34.9 Å². The summed E-state index contributed by atoms with van der Waals surface area (Å²) >= 11 is 6.30. The molecule has 5 rings (SSSR count). The van der Waals surface area contributed by atoms with Crippen LogP contribution in [-0.4, -0.2) is 50.5 Å². The molecule has 2 saturated heterocycles. The lowest BCUT2D eigenvalue weighted by atomic mass is 9.69. The van der Waals surface area contributed by atoms with E-state index in [1.807, 2.05) is 36.4 Å². The number of carbonyl (C=O) groups excluding carboxylic acids is 2. The van der Waals surface area contributed by atoms with Crippen molar-refractivity contribution in [1.29, 1.82) is 0 Å². The molecule has 2 aromatic rings. The van der Waals surface area contributed by atoms with Crippen molar-refractivity contribution in [2.45, 2.75) is 32.1 Å². The van der Waals surface area contributed by atoms with E-state index in [2.05, 4.69) is 9.80 Å². The number of esters is 2. The number of benzene rings is 2. The molecule has 3 heterocycles. The van der Waals surface area contributed by atoms with Crippen LogP contribution in [-0.2, 0) is 25.5 Å². The molecule has 2 aromatic carbocycles. The summed E-state index contributed by atoms with van der Waals surface area (Å²) in [5.41, 5.74) is 1.39. The minimum atomic E-state index is -1.44. The molecule has 0 saturated carbocycles. The number of rotatable bonds is 2. The maximum absolute atomic E-state index is 13.4. The number of fused-ring (bicyclic) bond motifs is 4. The maximum Gasteiger partial charge on any atom is 0.329 e. The molecular formula is C24H25ClN2O5. The second kappa shape index (κ2) is 7.30. The molecule has 8 heteroatoms. The van der Waals surface area contributed by atoms with Gasteiger partial charge in [-0.15, -0.1) is 0 Å². The van der Waals surface area contributed by atoms with Gasteiger partial charge < -0.3 is 24.0 Å². The molecule has 7 nitrogen and oxygen atoms in total. The molecule has 2 fully saturated rings. The third kappa shape index (κ3) is 3.18. The minimum Gasteiger partial charge on any atom is -0.497 e. The van der Waals surface area contributed by atoms with E-state index in [1.54, 1.807) is 27.0 Å². The van der Waals surface area contributed by atoms with Gasteiger partial charge in [-0.05, 0) is 42.0 Å². The van der Waals surface area contributed by atoms with Crippen LogP contribution in [0.25, 0.3) is 0 Å². The van der Waals surface area contributed by atoms with Gasteiger partial charge in [-0.2, -0.15) is 0 Å². The first-order valence-electron chi connectivity index (χ1n) is 10.6. The first kappa shape index (κ1) is 20.9. The van der Waals surface area contributed by atoms with Gasteiger partial charge in [0.1, 0.15) is 5.75 Å². The van der Waals surface area contributed by atoms with Gasteiger partial charge in [0, 0.05) is 56.3 Å². The topological polar surface area (TPSA) is 68.3 Å². The lowest BCUT2D eigenvalue weighted by Gasteiger charge is -2.55. The van der Waals surface area contributed by atoms with Crippen LogP contribution in [0.3, 0.4) is 0 Å². The largest absolute Gasteiger partial charge is 0.497 e. The van der Waals surface area contributed by atoms with Crippen LogP contribution in [0.5, 0.6) is 5.75 Å². The van der Waals surface area contributed by atoms with Gasteiger partial charge >= 0.3 is 11.9 Å². The standard InChI is InChI=1S/C24H25ClN2O5/c1-23(2)31-21(28)24(22(29)32-23)13-15-4-5-16(25)12-19(15)27-11-10-26(14-20(24)27)17-6-8-18(30-3)9-7-17/h4-9,12,20H,10-11,13-14H2,1-3H3/t20-/m0/s1. The number of ether oxygens (including phenoxy) is 3. The molecular weight excluding hydrogens is 432 g/mol. The molecule has 0 amide bonds. The molecule has 0 unspecified atom stereocenters. The van der Waals surface area contributed by atoms with Crippen LogP contribution in [0.1, 0.15) is 19.4 Å². The molecule has 0 N–H and O–H groups in total. The molecule has 0 aliphatic carbocycles. The smallest absolute Gasteiger partial charge is 0.329 e. The van der Waals surface area contributed by atoms with Crippen LogP contribution < -0.4 is 14.5 Å². The Morgan fingerprint density at radius 2 is 1.72 bits per heavy atom. The van der Waals surface area contributed by atoms with Crippen molar-refractivity contribution in [3.05, 3.63) is 53.1 Å². The van der Waals surface area contributed by atoms with Gasteiger partial charge in [0.2, 0.25) is 0 Å². The van der Waals surface area contributed by atoms with Crippen LogP contribution >= 0.6 is 11.6 Å². The molecule has 1 atom stereocenters. The van der Waals surface area contributed by atoms with Crippen LogP contribution in [0.4, 0.5) is 11.4 Å². The summed E-state index contributed by atoms with van der Waals surface area (Å²) < 4.78 is 16.5. The number of cyclic esters (lactones) is 2. The van der Waals surface area contributed by atoms with E-state index in [9.17, 15) is 9.59 Å². The minimum absolute atomic E-state index is 0.213. The highest BCUT2D eigenvalue weighted by Crippen LogP contribution is 2.48. The lowest BCUT2D eigenvalue weighted by Crippen LogP contribution is -2.71. The van der Waals surface area contributed by atoms with E-state index >= 15 is 0 Å². The number of hydrogen-bond donors (Lipinski definition) is 0. The molecule has 3 aliphatic rings. The fourth-order valence-electron chi connectivity index (χ4n) is 5.04. The number of hydrogen-bond acceptors (Lipinski definition) is 7. The average Bonchev–Trinajstić information content (AvgIpc) is 2.76. The Morgan fingerprint density at radius 3 is 2.38 bits per heavy atom. The van der Waals surface area contributed by atoms with E-state index < -0.39 is 29.2 Å². The molecule has 168 valence electrons. The molecule has 0 bridgehead atoms. The van der Waals surface area contributed by atoms with Gasteiger partial charge in [-0.1, -0.05) is 17.7 Å². The van der Waals surface area contributed by atoms with E-state index in [0.717, 1.165) is 29.2 Å². The van der Waals surface area contributed by atoms with Crippen LogP contribution in [0.2, 0.25) is 5.02 Å². The van der Waals surface area contributed by atoms with Crippen molar-refractivity contribution in [1.82, 2.24) is 0 Å². The highest BCUT2D eigenvalue weighted by molar-refractivity contribution is 6.31. The van der Waals surface area contributed by atoms with Gasteiger partial charge in [0.05, 0.1) is 13.2 Å². The second-order valence-electron chi connectivity index (χ2n) is 8.95. The Hall–Kier alpha value is -2.93. The van der Waals surface area contributed by atoms with Crippen molar-refractivity contribution < 1.29 is 23.8 Å². The summed E-state index contributed by atoms with van der Waals surface area (Å²) in [6.45, 7) is 4.96. The predicted octanol–water partition coefficient (Wildman–Crippen LogP) is 3.42. The van der Waals surface area contributed by atoms with Crippen LogP contribution in [0, 0.1) is 5.41 Å². The fraction of sp³-hybridized carbons (Fsp3) is 0.417. The SMILES string of the molecule is COc1ccc(N2CCN3c4cc(Cl)ccc4CC4(C(=O)OC(C)(C)OC4=O)[C@@H]3C2)cc1. The maximum atomic E-state index is 13.4.